The van der Waals surface area contributed by atoms with E-state index in [2.05, 4.69) is 15.0 Å². The van der Waals surface area contributed by atoms with Gasteiger partial charge in [0.1, 0.15) is 16.5 Å². The summed E-state index contributed by atoms with van der Waals surface area (Å²) in [6.45, 7) is -0.270. The molecule has 3 aromatic rings. The molecule has 1 N–H and O–H groups in total. The Morgan fingerprint density at radius 2 is 1.77 bits per heavy atom. The number of amides is 2. The molecule has 6 nitrogen and oxygen atoms in total. The molecular weight excluding hydrogens is 455 g/mol. The van der Waals surface area contributed by atoms with Gasteiger partial charge < -0.3 is 15.0 Å². The topological polar surface area (TPSA) is 71.5 Å². The van der Waals surface area contributed by atoms with Crippen LogP contribution in [0.4, 0.5) is 18.9 Å². The number of ether oxygens (including phenoxy) is 1. The molecule has 0 radical (unpaired) electrons. The molecule has 1 heterocycles. The number of nitrogens with zero attached hydrogens (tertiary/aromatic N) is 2. The Balaban J connectivity index is 1.57. The average Bonchev–Trinajstić information content (AvgIpc) is 3.18. The first kappa shape index (κ1) is 22.6. The second-order valence-corrected chi connectivity index (χ2v) is 7.62. The quantitative estimate of drug-likeness (QED) is 0.547. The molecule has 0 spiro atoms. The number of halogens is 4. The van der Waals surface area contributed by atoms with Crippen molar-refractivity contribution in [2.75, 3.05) is 18.9 Å². The van der Waals surface area contributed by atoms with Gasteiger partial charge >= 0.3 is 6.36 Å². The lowest BCUT2D eigenvalue weighted by Crippen LogP contribution is -2.35. The highest BCUT2D eigenvalue weighted by atomic mass is 35.5. The lowest BCUT2D eigenvalue weighted by Gasteiger charge is -2.16. The number of hydrogen-bond acceptors (Lipinski definition) is 5. The van der Waals surface area contributed by atoms with E-state index in [4.69, 9.17) is 11.6 Å². The normalized spacial score (nSPS) is 11.1. The molecule has 0 aliphatic rings. The molecule has 0 unspecified atom stereocenters. The van der Waals surface area contributed by atoms with Gasteiger partial charge in [0.05, 0.1) is 6.54 Å². The second kappa shape index (κ2) is 9.36. The van der Waals surface area contributed by atoms with Gasteiger partial charge in [-0.15, -0.1) is 24.5 Å². The summed E-state index contributed by atoms with van der Waals surface area (Å²) in [4.78, 5) is 30.2. The van der Waals surface area contributed by atoms with E-state index < -0.39 is 23.9 Å². The number of aromatic nitrogens is 1. The third kappa shape index (κ3) is 6.43. The van der Waals surface area contributed by atoms with Crippen LogP contribution in [-0.4, -0.2) is 41.7 Å². The van der Waals surface area contributed by atoms with Gasteiger partial charge in [0, 0.05) is 28.7 Å². The van der Waals surface area contributed by atoms with E-state index in [9.17, 15) is 22.8 Å². The van der Waals surface area contributed by atoms with E-state index >= 15 is 0 Å². The molecule has 11 heteroatoms. The Morgan fingerprint density at radius 1 is 1.13 bits per heavy atom. The van der Waals surface area contributed by atoms with Crippen LogP contribution in [0.15, 0.2) is 53.9 Å². The number of hydrogen-bond donors (Lipinski definition) is 1. The van der Waals surface area contributed by atoms with Crippen molar-refractivity contribution in [3.8, 4) is 16.3 Å². The molecule has 0 aliphatic carbocycles. The summed E-state index contributed by atoms with van der Waals surface area (Å²) in [5, 5.41) is 5.33. The second-order valence-electron chi connectivity index (χ2n) is 6.33. The van der Waals surface area contributed by atoms with Crippen LogP contribution in [0.3, 0.4) is 0 Å². The van der Waals surface area contributed by atoms with Gasteiger partial charge in [-0.25, -0.2) is 4.98 Å². The van der Waals surface area contributed by atoms with E-state index in [0.29, 0.717) is 10.0 Å². The fraction of sp³-hybridized carbons (Fsp3) is 0.150. The number of nitrogens with one attached hydrogen (secondary N) is 1. The Bertz CT molecular complexity index is 1070. The van der Waals surface area contributed by atoms with Crippen LogP contribution < -0.4 is 10.1 Å². The van der Waals surface area contributed by atoms with Crippen LogP contribution in [0.1, 0.15) is 10.5 Å². The highest BCUT2D eigenvalue weighted by molar-refractivity contribution is 7.13. The van der Waals surface area contributed by atoms with Crippen LogP contribution in [0.2, 0.25) is 5.02 Å². The molecule has 2 amide bonds. The maximum absolute atomic E-state index is 12.6. The van der Waals surface area contributed by atoms with Crippen molar-refractivity contribution in [2.45, 2.75) is 6.36 Å². The zero-order valence-corrected chi connectivity index (χ0v) is 17.5. The smallest absolute Gasteiger partial charge is 0.406 e. The highest BCUT2D eigenvalue weighted by Gasteiger charge is 2.31. The molecule has 1 aromatic heterocycles. The highest BCUT2D eigenvalue weighted by Crippen LogP contribution is 2.26. The summed E-state index contributed by atoms with van der Waals surface area (Å²) in [5.41, 5.74) is 1.27. The zero-order valence-electron chi connectivity index (χ0n) is 15.9. The van der Waals surface area contributed by atoms with Gasteiger partial charge in [-0.3, -0.25) is 9.59 Å². The number of rotatable bonds is 6. The molecule has 31 heavy (non-hydrogen) atoms. The van der Waals surface area contributed by atoms with Crippen molar-refractivity contribution in [3.05, 3.63) is 64.6 Å². The summed E-state index contributed by atoms with van der Waals surface area (Å²) in [5.74, 6) is -1.37. The third-order valence-corrected chi connectivity index (χ3v) is 5.06. The standard InChI is InChI=1S/C20H15ClF3N3O3S/c1-27(10-17(28)25-14-6-8-15(9-7-14)30-20(22,23)24)19(29)16-11-31-18(26-16)12-2-4-13(21)5-3-12/h2-9,11H,10H2,1H3,(H,25,28). The number of benzene rings is 2. The lowest BCUT2D eigenvalue weighted by molar-refractivity contribution is -0.274. The molecule has 0 fully saturated rings. The van der Waals surface area contributed by atoms with Gasteiger partial charge in [-0.05, 0) is 36.4 Å². The zero-order chi connectivity index (χ0) is 22.6. The maximum atomic E-state index is 12.6. The van der Waals surface area contributed by atoms with Crippen LogP contribution >= 0.6 is 22.9 Å². The third-order valence-electron chi connectivity index (χ3n) is 3.91. The van der Waals surface area contributed by atoms with Gasteiger partial charge in [-0.2, -0.15) is 0 Å². The Hall–Kier alpha value is -3.11. The summed E-state index contributed by atoms with van der Waals surface area (Å²) < 4.78 is 40.3. The van der Waals surface area contributed by atoms with Crippen molar-refractivity contribution in [2.24, 2.45) is 0 Å². The summed E-state index contributed by atoms with van der Waals surface area (Å²) in [6, 6.07) is 11.7. The SMILES string of the molecule is CN(CC(=O)Nc1ccc(OC(F)(F)F)cc1)C(=O)c1csc(-c2ccc(Cl)cc2)n1. The minimum absolute atomic E-state index is 0.193. The van der Waals surface area contributed by atoms with Crippen molar-refractivity contribution in [1.29, 1.82) is 0 Å². The first-order valence-corrected chi connectivity index (χ1v) is 9.99. The molecule has 0 saturated heterocycles. The first-order chi connectivity index (χ1) is 14.6. The molecule has 2 aromatic carbocycles. The van der Waals surface area contributed by atoms with E-state index in [1.165, 1.54) is 35.4 Å². The first-order valence-electron chi connectivity index (χ1n) is 8.73. The summed E-state index contributed by atoms with van der Waals surface area (Å²) in [7, 11) is 1.45. The van der Waals surface area contributed by atoms with Gasteiger partial charge in [0.15, 0.2) is 0 Å². The van der Waals surface area contributed by atoms with Crippen molar-refractivity contribution in [3.63, 3.8) is 0 Å². The Morgan fingerprint density at radius 3 is 2.39 bits per heavy atom. The van der Waals surface area contributed by atoms with Crippen molar-refractivity contribution >= 4 is 40.4 Å². The van der Waals surface area contributed by atoms with E-state index in [-0.39, 0.29) is 17.9 Å². The molecule has 162 valence electrons. The predicted octanol–water partition coefficient (Wildman–Crippen LogP) is 5.07. The fourth-order valence-corrected chi connectivity index (χ4v) is 3.45. The summed E-state index contributed by atoms with van der Waals surface area (Å²) in [6.07, 6.45) is -4.79. The average molecular weight is 470 g/mol. The Kier molecular flexibility index (Phi) is 6.81. The van der Waals surface area contributed by atoms with E-state index in [1.54, 1.807) is 29.6 Å². The number of carbonyl (C=O) groups excluding carboxylic acids is 2. The van der Waals surface area contributed by atoms with Gasteiger partial charge in [0.2, 0.25) is 5.91 Å². The summed E-state index contributed by atoms with van der Waals surface area (Å²) >= 11 is 7.16. The molecule has 0 bridgehead atoms. The van der Waals surface area contributed by atoms with Gasteiger partial charge in [-0.1, -0.05) is 23.7 Å². The van der Waals surface area contributed by atoms with Crippen LogP contribution in [-0.2, 0) is 4.79 Å². The molecule has 0 saturated carbocycles. The number of thiazole rings is 1. The molecular formula is C20H15ClF3N3O3S. The maximum Gasteiger partial charge on any atom is 0.573 e. The van der Waals surface area contributed by atoms with Crippen LogP contribution in [0, 0.1) is 0 Å². The number of alkyl halides is 3. The monoisotopic (exact) mass is 469 g/mol. The molecule has 0 aliphatic heterocycles. The predicted molar refractivity (Wildman–Crippen MR) is 111 cm³/mol. The van der Waals surface area contributed by atoms with E-state index in [0.717, 1.165) is 17.7 Å². The van der Waals surface area contributed by atoms with Crippen LogP contribution in [0.25, 0.3) is 10.6 Å². The van der Waals surface area contributed by atoms with Crippen molar-refractivity contribution in [1.82, 2.24) is 9.88 Å². The van der Waals surface area contributed by atoms with Gasteiger partial charge in [0.25, 0.3) is 5.91 Å². The fourth-order valence-electron chi connectivity index (χ4n) is 2.52. The van der Waals surface area contributed by atoms with Crippen LogP contribution in [0.5, 0.6) is 5.75 Å². The van der Waals surface area contributed by atoms with E-state index in [1.807, 2.05) is 0 Å². The Labute approximate surface area is 184 Å². The number of likely N-dealkylation sites (N-methyl/N-ethyl adjacent to an activating group) is 1. The number of anilines is 1. The minimum Gasteiger partial charge on any atom is -0.406 e. The molecule has 3 rings (SSSR count). The largest absolute Gasteiger partial charge is 0.573 e. The minimum atomic E-state index is -4.79. The number of carbonyl (C=O) groups is 2. The molecule has 0 atom stereocenters. The lowest BCUT2D eigenvalue weighted by atomic mass is 10.2. The van der Waals surface area contributed by atoms with Crippen molar-refractivity contribution < 1.29 is 27.5 Å².